The second-order valence-electron chi connectivity index (χ2n) is 5.01. The Morgan fingerprint density at radius 3 is 2.60 bits per heavy atom. The summed E-state index contributed by atoms with van der Waals surface area (Å²) in [5.41, 5.74) is 4.49. The van der Waals surface area contributed by atoms with Crippen LogP contribution in [0, 0.1) is 0 Å². The first-order valence-corrected chi connectivity index (χ1v) is 9.00. The number of hydrogen-bond donors (Lipinski definition) is 1. The molecule has 1 aromatic carbocycles. The minimum Gasteiger partial charge on any atom is -0.369 e. The molecule has 0 atom stereocenters. The van der Waals surface area contributed by atoms with Crippen molar-refractivity contribution in [2.24, 2.45) is 5.10 Å². The molecule has 2 rings (SSSR count). The van der Waals surface area contributed by atoms with Crippen molar-refractivity contribution in [2.45, 2.75) is 0 Å². The third-order valence-corrected chi connectivity index (χ3v) is 4.02. The Morgan fingerprint density at radius 2 is 2.00 bits per heavy atom. The van der Waals surface area contributed by atoms with E-state index in [1.165, 1.54) is 12.4 Å². The lowest BCUT2D eigenvalue weighted by Gasteiger charge is -2.23. The fourth-order valence-corrected chi connectivity index (χ4v) is 2.75. The van der Waals surface area contributed by atoms with E-state index >= 15 is 0 Å². The largest absolute Gasteiger partial charge is 0.369 e. The highest BCUT2D eigenvalue weighted by atomic mass is 35.5. The topological polar surface area (TPSA) is 57.6 Å². The van der Waals surface area contributed by atoms with Gasteiger partial charge in [0.05, 0.1) is 16.8 Å². The first kappa shape index (κ1) is 19.5. The first-order valence-electron chi connectivity index (χ1n) is 7.55. The zero-order chi connectivity index (χ0) is 18.1. The number of hydrazone groups is 1. The molecule has 1 heterocycles. The molecule has 0 spiro atoms. The van der Waals surface area contributed by atoms with Crippen molar-refractivity contribution >= 4 is 52.6 Å². The molecule has 0 aliphatic heterocycles. The highest BCUT2D eigenvalue weighted by Gasteiger charge is 2.08. The van der Waals surface area contributed by atoms with Crippen LogP contribution in [0.2, 0.25) is 5.02 Å². The summed E-state index contributed by atoms with van der Waals surface area (Å²) in [6.45, 7) is 1.36. The quantitative estimate of drug-likeness (QED) is 0.417. The standard InChI is InChI=1S/C17H17Cl3N4O/c18-5-8-24(9-6-19)15-4-3-13(16(20)10-15)12-22-23-17(25)14-2-1-7-21-11-14/h1-4,7,10-12H,5-6,8-9H2,(H,23,25). The number of benzene rings is 1. The molecule has 1 N–H and O–H groups in total. The van der Waals surface area contributed by atoms with Crippen molar-refractivity contribution in [3.8, 4) is 0 Å². The SMILES string of the molecule is O=C(NN=Cc1ccc(N(CCCl)CCCl)cc1Cl)c1cccnc1. The van der Waals surface area contributed by atoms with Gasteiger partial charge in [0, 0.05) is 48.5 Å². The van der Waals surface area contributed by atoms with E-state index in [2.05, 4.69) is 20.4 Å². The molecule has 0 bridgehead atoms. The molecule has 1 aromatic heterocycles. The summed E-state index contributed by atoms with van der Waals surface area (Å²) in [5.74, 6) is 0.656. The molecule has 25 heavy (non-hydrogen) atoms. The maximum atomic E-state index is 11.9. The van der Waals surface area contributed by atoms with Crippen LogP contribution >= 0.6 is 34.8 Å². The predicted molar refractivity (Wildman–Crippen MR) is 104 cm³/mol. The highest BCUT2D eigenvalue weighted by molar-refractivity contribution is 6.33. The van der Waals surface area contributed by atoms with Gasteiger partial charge in [-0.25, -0.2) is 5.43 Å². The van der Waals surface area contributed by atoms with Gasteiger partial charge in [-0.1, -0.05) is 11.6 Å². The molecule has 1 amide bonds. The number of anilines is 1. The van der Waals surface area contributed by atoms with Crippen molar-refractivity contribution in [2.75, 3.05) is 29.7 Å². The summed E-state index contributed by atoms with van der Waals surface area (Å²) in [7, 11) is 0. The van der Waals surface area contributed by atoms with Gasteiger partial charge in [0.1, 0.15) is 0 Å². The third kappa shape index (κ3) is 5.88. The maximum absolute atomic E-state index is 11.9. The molecule has 0 saturated carbocycles. The van der Waals surface area contributed by atoms with E-state index in [4.69, 9.17) is 34.8 Å². The van der Waals surface area contributed by atoms with Gasteiger partial charge in [0.15, 0.2) is 0 Å². The number of alkyl halides is 2. The Bertz CT molecular complexity index is 719. The molecule has 0 unspecified atom stereocenters. The highest BCUT2D eigenvalue weighted by Crippen LogP contribution is 2.23. The van der Waals surface area contributed by atoms with Crippen LogP contribution < -0.4 is 10.3 Å². The number of carbonyl (C=O) groups excluding carboxylic acids is 1. The fraction of sp³-hybridized carbons (Fsp3) is 0.235. The number of halogens is 3. The van der Waals surface area contributed by atoms with Crippen LogP contribution in [0.25, 0.3) is 0 Å². The fourth-order valence-electron chi connectivity index (χ4n) is 2.11. The summed E-state index contributed by atoms with van der Waals surface area (Å²) >= 11 is 17.9. The Hall–Kier alpha value is -1.82. The van der Waals surface area contributed by atoms with E-state index in [1.54, 1.807) is 18.3 Å². The number of amides is 1. The Balaban J connectivity index is 2.04. The van der Waals surface area contributed by atoms with Crippen LogP contribution in [-0.4, -0.2) is 42.0 Å². The van der Waals surface area contributed by atoms with Crippen LogP contribution in [0.3, 0.4) is 0 Å². The minimum absolute atomic E-state index is 0.340. The number of aromatic nitrogens is 1. The normalized spacial score (nSPS) is 10.8. The van der Waals surface area contributed by atoms with Gasteiger partial charge in [-0.2, -0.15) is 5.10 Å². The van der Waals surface area contributed by atoms with Gasteiger partial charge in [-0.3, -0.25) is 9.78 Å². The van der Waals surface area contributed by atoms with E-state index in [-0.39, 0.29) is 5.91 Å². The Morgan fingerprint density at radius 1 is 1.24 bits per heavy atom. The minimum atomic E-state index is -0.340. The average molecular weight is 400 g/mol. The third-order valence-electron chi connectivity index (χ3n) is 3.35. The van der Waals surface area contributed by atoms with E-state index in [9.17, 15) is 4.79 Å². The van der Waals surface area contributed by atoms with Crippen molar-refractivity contribution in [1.29, 1.82) is 0 Å². The van der Waals surface area contributed by atoms with Crippen LogP contribution in [-0.2, 0) is 0 Å². The summed E-state index contributed by atoms with van der Waals surface area (Å²) in [4.78, 5) is 17.8. The van der Waals surface area contributed by atoms with Crippen LogP contribution in [0.4, 0.5) is 5.69 Å². The molecule has 132 valence electrons. The first-order chi connectivity index (χ1) is 12.2. The number of nitrogens with one attached hydrogen (secondary N) is 1. The molecule has 2 aromatic rings. The zero-order valence-corrected chi connectivity index (χ0v) is 15.6. The lowest BCUT2D eigenvalue weighted by Crippen LogP contribution is -2.27. The van der Waals surface area contributed by atoms with Gasteiger partial charge in [-0.05, 0) is 30.3 Å². The van der Waals surface area contributed by atoms with Crippen molar-refractivity contribution in [1.82, 2.24) is 10.4 Å². The van der Waals surface area contributed by atoms with Crippen LogP contribution in [0.15, 0.2) is 47.8 Å². The number of pyridine rings is 1. The summed E-state index contributed by atoms with van der Waals surface area (Å²) in [5, 5.41) is 4.45. The smallest absolute Gasteiger partial charge is 0.272 e. The zero-order valence-electron chi connectivity index (χ0n) is 13.3. The lowest BCUT2D eigenvalue weighted by atomic mass is 10.2. The van der Waals surface area contributed by atoms with Crippen molar-refractivity contribution < 1.29 is 4.79 Å². The number of carbonyl (C=O) groups is 1. The van der Waals surface area contributed by atoms with Crippen LogP contribution in [0.5, 0.6) is 0 Å². The molecule has 0 radical (unpaired) electrons. The van der Waals surface area contributed by atoms with E-state index in [0.717, 1.165) is 5.69 Å². The second kappa shape index (κ2) is 10.2. The lowest BCUT2D eigenvalue weighted by molar-refractivity contribution is 0.0955. The predicted octanol–water partition coefficient (Wildman–Crippen LogP) is 3.78. The summed E-state index contributed by atoms with van der Waals surface area (Å²) in [6, 6.07) is 8.90. The Labute approximate surface area is 161 Å². The number of nitrogens with zero attached hydrogens (tertiary/aromatic N) is 3. The molecule has 8 heteroatoms. The van der Waals surface area contributed by atoms with Crippen molar-refractivity contribution in [3.05, 3.63) is 58.9 Å². The van der Waals surface area contributed by atoms with Gasteiger partial charge in [0.25, 0.3) is 5.91 Å². The number of hydrogen-bond acceptors (Lipinski definition) is 4. The van der Waals surface area contributed by atoms with E-state index in [0.29, 0.717) is 41.0 Å². The van der Waals surface area contributed by atoms with Gasteiger partial charge < -0.3 is 4.90 Å². The Kier molecular flexibility index (Phi) is 7.98. The van der Waals surface area contributed by atoms with Gasteiger partial charge in [-0.15, -0.1) is 23.2 Å². The second-order valence-corrected chi connectivity index (χ2v) is 6.17. The van der Waals surface area contributed by atoms with E-state index < -0.39 is 0 Å². The monoisotopic (exact) mass is 398 g/mol. The molecular weight excluding hydrogens is 383 g/mol. The maximum Gasteiger partial charge on any atom is 0.272 e. The van der Waals surface area contributed by atoms with Gasteiger partial charge >= 0.3 is 0 Å². The van der Waals surface area contributed by atoms with E-state index in [1.807, 2.05) is 18.2 Å². The molecule has 5 nitrogen and oxygen atoms in total. The van der Waals surface area contributed by atoms with Crippen LogP contribution in [0.1, 0.15) is 15.9 Å². The average Bonchev–Trinajstić information content (AvgIpc) is 2.63. The number of rotatable bonds is 8. The molecule has 0 aliphatic carbocycles. The molecule has 0 saturated heterocycles. The summed E-state index contributed by atoms with van der Waals surface area (Å²) < 4.78 is 0. The molecular formula is C17H17Cl3N4O. The molecule has 0 aliphatic rings. The molecule has 0 fully saturated rings. The van der Waals surface area contributed by atoms with Gasteiger partial charge in [0.2, 0.25) is 0 Å². The summed E-state index contributed by atoms with van der Waals surface area (Å²) in [6.07, 6.45) is 4.56. The van der Waals surface area contributed by atoms with Crippen molar-refractivity contribution in [3.63, 3.8) is 0 Å².